The highest BCUT2D eigenvalue weighted by atomic mass is 16.5. The fourth-order valence-corrected chi connectivity index (χ4v) is 3.47. The van der Waals surface area contributed by atoms with E-state index in [1.54, 1.807) is 0 Å². The van der Waals surface area contributed by atoms with Gasteiger partial charge in [0.05, 0.1) is 6.04 Å². The van der Waals surface area contributed by atoms with E-state index in [1.807, 2.05) is 12.4 Å². The molecule has 2 saturated heterocycles. The Kier molecular flexibility index (Phi) is 5.27. The first-order valence-corrected chi connectivity index (χ1v) is 8.23. The van der Waals surface area contributed by atoms with Gasteiger partial charge in [0.15, 0.2) is 0 Å². The quantitative estimate of drug-likeness (QED) is 0.923. The lowest BCUT2D eigenvalue weighted by Crippen LogP contribution is -2.40. The maximum absolute atomic E-state index is 5.59. The summed E-state index contributed by atoms with van der Waals surface area (Å²) in [5.41, 5.74) is 0. The second-order valence-corrected chi connectivity index (χ2v) is 6.23. The number of nitrogens with zero attached hydrogens (tertiary/aromatic N) is 2. The molecule has 0 unspecified atom stereocenters. The van der Waals surface area contributed by atoms with Crippen LogP contribution < -0.4 is 5.32 Å². The zero-order valence-corrected chi connectivity index (χ0v) is 13.0. The third-order valence-corrected chi connectivity index (χ3v) is 4.74. The summed E-state index contributed by atoms with van der Waals surface area (Å²) in [5, 5.41) is 3.89. The fraction of sp³-hybridized carbons (Fsp3) is 0.812. The molecule has 2 aliphatic rings. The van der Waals surface area contributed by atoms with E-state index >= 15 is 0 Å². The van der Waals surface area contributed by atoms with Gasteiger partial charge in [-0.2, -0.15) is 0 Å². The van der Waals surface area contributed by atoms with Gasteiger partial charge >= 0.3 is 0 Å². The van der Waals surface area contributed by atoms with Gasteiger partial charge in [-0.25, -0.2) is 4.98 Å². The molecule has 1 aromatic heterocycles. The first-order chi connectivity index (χ1) is 10.3. The summed E-state index contributed by atoms with van der Waals surface area (Å²) < 4.78 is 13.3. The molecule has 21 heavy (non-hydrogen) atoms. The summed E-state index contributed by atoms with van der Waals surface area (Å²) in [7, 11) is 2.09. The van der Waals surface area contributed by atoms with Crippen molar-refractivity contribution in [1.29, 1.82) is 0 Å². The van der Waals surface area contributed by atoms with Gasteiger partial charge in [-0.05, 0) is 38.0 Å². The van der Waals surface area contributed by atoms with Crippen LogP contribution in [0.2, 0.25) is 0 Å². The van der Waals surface area contributed by atoms with Gasteiger partial charge in [-0.15, -0.1) is 0 Å². The lowest BCUT2D eigenvalue weighted by molar-refractivity contribution is 0.0496. The molecule has 0 saturated carbocycles. The summed E-state index contributed by atoms with van der Waals surface area (Å²) >= 11 is 0. The van der Waals surface area contributed by atoms with Gasteiger partial charge in [0, 0.05) is 51.9 Å². The molecule has 3 rings (SSSR count). The highest BCUT2D eigenvalue weighted by molar-refractivity contribution is 5.02. The Morgan fingerprint density at radius 1 is 1.14 bits per heavy atom. The van der Waals surface area contributed by atoms with Crippen molar-refractivity contribution in [1.82, 2.24) is 14.9 Å². The second kappa shape index (κ2) is 7.38. The van der Waals surface area contributed by atoms with Crippen molar-refractivity contribution in [3.8, 4) is 0 Å². The normalized spacial score (nSPS) is 26.4. The Balaban J connectivity index is 1.73. The van der Waals surface area contributed by atoms with E-state index in [1.165, 1.54) is 6.42 Å². The molecule has 1 aromatic rings. The molecule has 0 radical (unpaired) electrons. The van der Waals surface area contributed by atoms with Gasteiger partial charge in [-0.3, -0.25) is 0 Å². The van der Waals surface area contributed by atoms with Crippen molar-refractivity contribution < 1.29 is 9.47 Å². The van der Waals surface area contributed by atoms with Gasteiger partial charge in [-0.1, -0.05) is 0 Å². The molecule has 2 atom stereocenters. The maximum Gasteiger partial charge on any atom is 0.125 e. The molecule has 5 nitrogen and oxygen atoms in total. The van der Waals surface area contributed by atoms with E-state index < -0.39 is 0 Å². The summed E-state index contributed by atoms with van der Waals surface area (Å²) in [6.07, 6.45) is 9.63. The van der Waals surface area contributed by atoms with E-state index in [0.717, 1.165) is 57.9 Å². The molecule has 0 aliphatic carbocycles. The number of ether oxygens (including phenoxy) is 2. The highest BCUT2D eigenvalue weighted by Gasteiger charge is 2.30. The number of imidazole rings is 1. The second-order valence-electron chi connectivity index (χ2n) is 6.23. The predicted molar refractivity (Wildman–Crippen MR) is 81.1 cm³/mol. The van der Waals surface area contributed by atoms with Crippen molar-refractivity contribution >= 4 is 0 Å². The third-order valence-electron chi connectivity index (χ3n) is 4.74. The Morgan fingerprint density at radius 2 is 1.90 bits per heavy atom. The van der Waals surface area contributed by atoms with Crippen LogP contribution in [0.4, 0.5) is 0 Å². The average molecular weight is 293 g/mol. The third kappa shape index (κ3) is 3.84. The summed E-state index contributed by atoms with van der Waals surface area (Å²) in [6, 6.07) is 0.869. The number of hydrogen-bond donors (Lipinski definition) is 1. The molecule has 0 amide bonds. The van der Waals surface area contributed by atoms with E-state index in [0.29, 0.717) is 18.0 Å². The lowest BCUT2D eigenvalue weighted by atomic mass is 9.90. The van der Waals surface area contributed by atoms with E-state index in [-0.39, 0.29) is 0 Å². The van der Waals surface area contributed by atoms with Crippen molar-refractivity contribution in [3.05, 3.63) is 18.2 Å². The Bertz CT molecular complexity index is 421. The fourth-order valence-electron chi connectivity index (χ4n) is 3.47. The molecule has 118 valence electrons. The molecule has 0 spiro atoms. The predicted octanol–water partition coefficient (Wildman–Crippen LogP) is 2.05. The molecule has 1 N–H and O–H groups in total. The van der Waals surface area contributed by atoms with Crippen LogP contribution in [0.25, 0.3) is 0 Å². The monoisotopic (exact) mass is 293 g/mol. The molecule has 3 heterocycles. The minimum Gasteiger partial charge on any atom is -0.381 e. The Hall–Kier alpha value is -0.910. The lowest BCUT2D eigenvalue weighted by Gasteiger charge is -2.33. The largest absolute Gasteiger partial charge is 0.381 e. The molecule has 2 fully saturated rings. The Labute approximate surface area is 127 Å². The van der Waals surface area contributed by atoms with Crippen molar-refractivity contribution in [3.63, 3.8) is 0 Å². The average Bonchev–Trinajstić information content (AvgIpc) is 2.78. The highest BCUT2D eigenvalue weighted by Crippen LogP contribution is 2.30. The van der Waals surface area contributed by atoms with Gasteiger partial charge in [0.1, 0.15) is 5.82 Å². The molecule has 0 bridgehead atoms. The van der Waals surface area contributed by atoms with Crippen LogP contribution in [0.15, 0.2) is 12.4 Å². The number of hydrogen-bond acceptors (Lipinski definition) is 4. The molecular weight excluding hydrogens is 266 g/mol. The minimum absolute atomic E-state index is 0.331. The molecule has 0 aromatic carbocycles. The van der Waals surface area contributed by atoms with Crippen LogP contribution in [-0.4, -0.2) is 42.0 Å². The van der Waals surface area contributed by atoms with Crippen LogP contribution in [0.3, 0.4) is 0 Å². The van der Waals surface area contributed by atoms with Crippen LogP contribution in [-0.2, 0) is 16.5 Å². The van der Waals surface area contributed by atoms with Gasteiger partial charge < -0.3 is 19.4 Å². The summed E-state index contributed by atoms with van der Waals surface area (Å²) in [5.74, 6) is 1.77. The van der Waals surface area contributed by atoms with Crippen molar-refractivity contribution in [2.24, 2.45) is 13.0 Å². The summed E-state index contributed by atoms with van der Waals surface area (Å²) in [4.78, 5) is 4.61. The van der Waals surface area contributed by atoms with E-state index in [9.17, 15) is 0 Å². The first-order valence-electron chi connectivity index (χ1n) is 8.23. The minimum atomic E-state index is 0.331. The molecular formula is C16H27N3O2. The number of aromatic nitrogens is 2. The Morgan fingerprint density at radius 3 is 2.67 bits per heavy atom. The summed E-state index contributed by atoms with van der Waals surface area (Å²) in [6.45, 7) is 3.53. The van der Waals surface area contributed by atoms with Gasteiger partial charge in [0.25, 0.3) is 0 Å². The maximum atomic E-state index is 5.59. The smallest absolute Gasteiger partial charge is 0.125 e. The van der Waals surface area contributed by atoms with Gasteiger partial charge in [0.2, 0.25) is 0 Å². The molecule has 5 heteroatoms. The zero-order valence-electron chi connectivity index (χ0n) is 13.0. The van der Waals surface area contributed by atoms with E-state index in [4.69, 9.17) is 9.47 Å². The van der Waals surface area contributed by atoms with Crippen molar-refractivity contribution in [2.75, 3.05) is 26.4 Å². The van der Waals surface area contributed by atoms with Crippen LogP contribution >= 0.6 is 0 Å². The van der Waals surface area contributed by atoms with Crippen LogP contribution in [0.5, 0.6) is 0 Å². The number of rotatable bonds is 4. The van der Waals surface area contributed by atoms with E-state index in [2.05, 4.69) is 21.9 Å². The number of aryl methyl sites for hydroxylation is 1. The zero-order chi connectivity index (χ0) is 14.5. The van der Waals surface area contributed by atoms with Crippen molar-refractivity contribution in [2.45, 2.75) is 44.2 Å². The molecule has 2 aliphatic heterocycles. The topological polar surface area (TPSA) is 48.3 Å². The van der Waals surface area contributed by atoms with Crippen LogP contribution in [0.1, 0.15) is 44.0 Å². The van der Waals surface area contributed by atoms with Crippen LogP contribution in [0, 0.1) is 5.92 Å². The standard InChI is InChI=1S/C16H27N3O2/c1-19-8-7-17-16(19)15(13-4-10-21-11-5-13)18-14-3-2-9-20-12-6-14/h7-8,13-15,18H,2-6,9-12H2,1H3/t14-,15+/m0/s1. The number of nitrogens with one attached hydrogen (secondary N) is 1. The SMILES string of the molecule is Cn1ccnc1[C@H](N[C@H]1CCCOCC1)C1CCOCC1. The first kappa shape index (κ1) is 15.0.